The minimum Gasteiger partial charge on any atom is -0.376 e. The largest absolute Gasteiger partial charge is 0.376 e. The van der Waals surface area contributed by atoms with Gasteiger partial charge in [0.1, 0.15) is 0 Å². The summed E-state index contributed by atoms with van der Waals surface area (Å²) in [7, 11) is 0. The highest BCUT2D eigenvalue weighted by molar-refractivity contribution is 7.80. The lowest BCUT2D eigenvalue weighted by Crippen LogP contribution is -2.35. The minimum atomic E-state index is 0.0910. The summed E-state index contributed by atoms with van der Waals surface area (Å²) < 4.78 is 5.58. The molecule has 0 saturated carbocycles. The topological polar surface area (TPSA) is 33.3 Å². The zero-order chi connectivity index (χ0) is 14.6. The summed E-state index contributed by atoms with van der Waals surface area (Å²) in [6, 6.07) is 8.31. The standard InChI is InChI=1S/C16H24N2OS/c1-16(2,3)13-8-4-5-9-14(13)18-15(20)17-11-12-7-6-10-19-12/h4-5,8-9,12H,6-7,10-11H2,1-3H3,(H2,17,18,20). The van der Waals surface area contributed by atoms with E-state index in [4.69, 9.17) is 17.0 Å². The number of hydrogen-bond acceptors (Lipinski definition) is 2. The molecule has 0 radical (unpaired) electrons. The molecule has 0 aromatic heterocycles. The van der Waals surface area contributed by atoms with Gasteiger partial charge in [0.15, 0.2) is 5.11 Å². The molecule has 1 saturated heterocycles. The summed E-state index contributed by atoms with van der Waals surface area (Å²) >= 11 is 5.38. The molecule has 3 nitrogen and oxygen atoms in total. The molecule has 1 unspecified atom stereocenters. The zero-order valence-corrected chi connectivity index (χ0v) is 13.3. The van der Waals surface area contributed by atoms with Crippen LogP contribution in [0.5, 0.6) is 0 Å². The fourth-order valence-corrected chi connectivity index (χ4v) is 2.62. The quantitative estimate of drug-likeness (QED) is 0.836. The summed E-state index contributed by atoms with van der Waals surface area (Å²) in [4.78, 5) is 0. The van der Waals surface area contributed by atoms with Crippen molar-refractivity contribution in [3.05, 3.63) is 29.8 Å². The van der Waals surface area contributed by atoms with Crippen LogP contribution in [0.4, 0.5) is 5.69 Å². The summed E-state index contributed by atoms with van der Waals surface area (Å²) in [5.74, 6) is 0. The molecule has 20 heavy (non-hydrogen) atoms. The number of rotatable bonds is 3. The molecule has 4 heteroatoms. The van der Waals surface area contributed by atoms with Crippen molar-refractivity contribution in [3.63, 3.8) is 0 Å². The van der Waals surface area contributed by atoms with Gasteiger partial charge >= 0.3 is 0 Å². The highest BCUT2D eigenvalue weighted by Gasteiger charge is 2.18. The predicted molar refractivity (Wildman–Crippen MR) is 88.3 cm³/mol. The first-order chi connectivity index (χ1) is 9.47. The maximum Gasteiger partial charge on any atom is 0.170 e. The lowest BCUT2D eigenvalue weighted by Gasteiger charge is -2.24. The number of ether oxygens (including phenoxy) is 1. The second-order valence-corrected chi connectivity index (χ2v) is 6.67. The molecule has 0 spiro atoms. The molecule has 1 heterocycles. The predicted octanol–water partition coefficient (Wildman–Crippen LogP) is 3.45. The van der Waals surface area contributed by atoms with Crippen molar-refractivity contribution >= 4 is 23.0 Å². The van der Waals surface area contributed by atoms with Crippen molar-refractivity contribution in [2.45, 2.75) is 45.1 Å². The van der Waals surface area contributed by atoms with Crippen LogP contribution in [0.1, 0.15) is 39.2 Å². The molecule has 1 aromatic carbocycles. The van der Waals surface area contributed by atoms with Gasteiger partial charge in [0, 0.05) is 18.8 Å². The Morgan fingerprint density at radius 2 is 2.10 bits per heavy atom. The third-order valence-corrected chi connectivity index (χ3v) is 3.74. The number of hydrogen-bond donors (Lipinski definition) is 2. The second-order valence-electron chi connectivity index (χ2n) is 6.27. The molecule has 110 valence electrons. The van der Waals surface area contributed by atoms with Gasteiger partial charge in [0.2, 0.25) is 0 Å². The van der Waals surface area contributed by atoms with E-state index in [0.29, 0.717) is 11.2 Å². The summed E-state index contributed by atoms with van der Waals surface area (Å²) in [5.41, 5.74) is 2.43. The smallest absolute Gasteiger partial charge is 0.170 e. The van der Waals surface area contributed by atoms with Crippen LogP contribution in [0.2, 0.25) is 0 Å². The fourth-order valence-electron chi connectivity index (χ4n) is 2.42. The van der Waals surface area contributed by atoms with Crippen LogP contribution in [0, 0.1) is 0 Å². The van der Waals surface area contributed by atoms with Crippen molar-refractivity contribution in [1.29, 1.82) is 0 Å². The maximum absolute atomic E-state index is 5.58. The molecular formula is C16H24N2OS. The normalized spacial score (nSPS) is 18.9. The Morgan fingerprint density at radius 3 is 2.75 bits per heavy atom. The SMILES string of the molecule is CC(C)(C)c1ccccc1NC(=S)NCC1CCCO1. The van der Waals surface area contributed by atoms with E-state index in [1.54, 1.807) is 0 Å². The monoisotopic (exact) mass is 292 g/mol. The summed E-state index contributed by atoms with van der Waals surface area (Å²) in [6.45, 7) is 8.27. The van der Waals surface area contributed by atoms with Gasteiger partial charge < -0.3 is 15.4 Å². The number of benzene rings is 1. The maximum atomic E-state index is 5.58. The third kappa shape index (κ3) is 4.18. The molecule has 2 N–H and O–H groups in total. The molecule has 2 rings (SSSR count). The number of anilines is 1. The van der Waals surface area contributed by atoms with Crippen molar-refractivity contribution in [3.8, 4) is 0 Å². The van der Waals surface area contributed by atoms with Gasteiger partial charge in [-0.25, -0.2) is 0 Å². The van der Waals surface area contributed by atoms with E-state index >= 15 is 0 Å². The lowest BCUT2D eigenvalue weighted by atomic mass is 9.86. The highest BCUT2D eigenvalue weighted by atomic mass is 32.1. The number of nitrogens with one attached hydrogen (secondary N) is 2. The van der Waals surface area contributed by atoms with Crippen molar-refractivity contribution < 1.29 is 4.74 Å². The Bertz CT molecular complexity index is 462. The van der Waals surface area contributed by atoms with E-state index in [1.165, 1.54) is 5.56 Å². The molecule has 0 amide bonds. The fraction of sp³-hybridized carbons (Fsp3) is 0.562. The van der Waals surface area contributed by atoms with Gasteiger partial charge in [-0.2, -0.15) is 0 Å². The first-order valence-electron chi connectivity index (χ1n) is 7.23. The van der Waals surface area contributed by atoms with Gasteiger partial charge in [-0.1, -0.05) is 39.0 Å². The Hall–Kier alpha value is -1.13. The van der Waals surface area contributed by atoms with E-state index < -0.39 is 0 Å². The Labute approximate surface area is 127 Å². The van der Waals surface area contributed by atoms with Crippen LogP contribution < -0.4 is 10.6 Å². The Morgan fingerprint density at radius 1 is 1.35 bits per heavy atom. The van der Waals surface area contributed by atoms with Crippen molar-refractivity contribution in [1.82, 2.24) is 5.32 Å². The summed E-state index contributed by atoms with van der Waals surface area (Å²) in [5, 5.41) is 7.22. The molecule has 1 aliphatic heterocycles. The van der Waals surface area contributed by atoms with E-state index in [0.717, 1.165) is 31.7 Å². The van der Waals surface area contributed by atoms with Crippen LogP contribution in [0.25, 0.3) is 0 Å². The molecule has 1 aromatic rings. The van der Waals surface area contributed by atoms with Gasteiger partial charge in [-0.05, 0) is 42.1 Å². The van der Waals surface area contributed by atoms with E-state index in [-0.39, 0.29) is 5.41 Å². The van der Waals surface area contributed by atoms with E-state index in [1.807, 2.05) is 6.07 Å². The molecule has 0 bridgehead atoms. The Kier molecular flexibility index (Phi) is 5.00. The van der Waals surface area contributed by atoms with Gasteiger partial charge in [0.05, 0.1) is 6.10 Å². The van der Waals surface area contributed by atoms with Crippen LogP contribution in [0.15, 0.2) is 24.3 Å². The van der Waals surface area contributed by atoms with Crippen LogP contribution >= 0.6 is 12.2 Å². The first-order valence-corrected chi connectivity index (χ1v) is 7.63. The first kappa shape index (κ1) is 15.3. The summed E-state index contributed by atoms with van der Waals surface area (Å²) in [6.07, 6.45) is 2.57. The van der Waals surface area contributed by atoms with Crippen molar-refractivity contribution in [2.24, 2.45) is 0 Å². The number of thiocarbonyl (C=S) groups is 1. The average Bonchev–Trinajstić information content (AvgIpc) is 2.89. The Balaban J connectivity index is 1.93. The second kappa shape index (κ2) is 6.55. The van der Waals surface area contributed by atoms with Crippen LogP contribution in [-0.4, -0.2) is 24.4 Å². The van der Waals surface area contributed by atoms with E-state index in [2.05, 4.69) is 49.6 Å². The van der Waals surface area contributed by atoms with Crippen LogP contribution in [0.3, 0.4) is 0 Å². The van der Waals surface area contributed by atoms with Crippen LogP contribution in [-0.2, 0) is 10.2 Å². The molecular weight excluding hydrogens is 268 g/mol. The lowest BCUT2D eigenvalue weighted by molar-refractivity contribution is 0.114. The highest BCUT2D eigenvalue weighted by Crippen LogP contribution is 2.29. The third-order valence-electron chi connectivity index (χ3n) is 3.50. The van der Waals surface area contributed by atoms with Gasteiger partial charge in [-0.3, -0.25) is 0 Å². The minimum absolute atomic E-state index is 0.0910. The number of para-hydroxylation sites is 1. The average molecular weight is 292 g/mol. The molecule has 0 aliphatic carbocycles. The van der Waals surface area contributed by atoms with Crippen molar-refractivity contribution in [2.75, 3.05) is 18.5 Å². The molecule has 1 aliphatic rings. The van der Waals surface area contributed by atoms with Gasteiger partial charge in [0.25, 0.3) is 0 Å². The molecule has 1 fully saturated rings. The van der Waals surface area contributed by atoms with Gasteiger partial charge in [-0.15, -0.1) is 0 Å². The zero-order valence-electron chi connectivity index (χ0n) is 12.5. The molecule has 1 atom stereocenters. The van der Waals surface area contributed by atoms with E-state index in [9.17, 15) is 0 Å².